The molecule has 0 saturated carbocycles. The highest BCUT2D eigenvalue weighted by Gasteiger charge is 2.41. The first-order valence-corrected chi connectivity index (χ1v) is 12.0. The summed E-state index contributed by atoms with van der Waals surface area (Å²) in [5.41, 5.74) is 0.263. The van der Waals surface area contributed by atoms with Crippen LogP contribution >= 0.6 is 11.6 Å². The number of ether oxygens (including phenoxy) is 1. The number of anilines is 1. The second kappa shape index (κ2) is 8.87. The molecule has 3 aliphatic heterocycles. The van der Waals surface area contributed by atoms with Crippen molar-refractivity contribution in [3.05, 3.63) is 34.6 Å². The van der Waals surface area contributed by atoms with E-state index in [1.54, 1.807) is 0 Å². The summed E-state index contributed by atoms with van der Waals surface area (Å²) in [6.07, 6.45) is 0. The Labute approximate surface area is 203 Å². The van der Waals surface area contributed by atoms with Crippen LogP contribution in [0.5, 0.6) is 11.5 Å². The molecule has 10 heteroatoms. The monoisotopic (exact) mass is 489 g/mol. The summed E-state index contributed by atoms with van der Waals surface area (Å²) >= 11 is 6.76. The number of amides is 1. The second-order valence-electron chi connectivity index (χ2n) is 9.26. The van der Waals surface area contributed by atoms with Gasteiger partial charge < -0.3 is 25.0 Å². The minimum atomic E-state index is -0.651. The molecule has 3 atom stereocenters. The normalized spacial score (nSPS) is 25.4. The summed E-state index contributed by atoms with van der Waals surface area (Å²) in [4.78, 5) is 24.8. The zero-order valence-corrected chi connectivity index (χ0v) is 20.3. The number of aromatic hydroxyl groups is 1. The van der Waals surface area contributed by atoms with Crippen molar-refractivity contribution < 1.29 is 19.0 Å². The number of halogens is 2. The zero-order chi connectivity index (χ0) is 24.1. The maximum atomic E-state index is 14.9. The summed E-state index contributed by atoms with van der Waals surface area (Å²) in [5, 5.41) is 13.8. The fourth-order valence-corrected chi connectivity index (χ4v) is 5.37. The van der Waals surface area contributed by atoms with E-state index in [4.69, 9.17) is 21.3 Å². The standard InChI is InChI=1S/C24H29ClFN5O3/c1-13-14(2)30(10-9-29(13)3)23-19-22(34-12-15-11-27-7-8-31(15)24(19)33)20(25)21(28-23)18-16(26)5-4-6-17(18)32/h4-6,13-15,27,32H,7-12H2,1-3H3/t13-,14+,15-/m1/s1. The molecule has 4 heterocycles. The second-order valence-corrected chi connectivity index (χ2v) is 9.64. The summed E-state index contributed by atoms with van der Waals surface area (Å²) < 4.78 is 21.1. The van der Waals surface area contributed by atoms with Gasteiger partial charge in [-0.25, -0.2) is 9.37 Å². The molecule has 0 aliphatic carbocycles. The van der Waals surface area contributed by atoms with Crippen LogP contribution in [-0.2, 0) is 0 Å². The molecule has 0 radical (unpaired) electrons. The Morgan fingerprint density at radius 3 is 2.74 bits per heavy atom. The summed E-state index contributed by atoms with van der Waals surface area (Å²) in [5.74, 6) is -0.508. The average molecular weight is 490 g/mol. The molecule has 2 saturated heterocycles. The van der Waals surface area contributed by atoms with Gasteiger partial charge in [0.1, 0.15) is 40.3 Å². The van der Waals surface area contributed by atoms with Gasteiger partial charge in [-0.05, 0) is 33.0 Å². The number of rotatable bonds is 2. The number of piperazine rings is 2. The third kappa shape index (κ3) is 3.66. The molecule has 0 bridgehead atoms. The number of phenols is 1. The molecule has 1 aromatic carbocycles. The van der Waals surface area contributed by atoms with E-state index in [1.165, 1.54) is 18.2 Å². The molecule has 0 spiro atoms. The number of nitrogens with one attached hydrogen (secondary N) is 1. The highest BCUT2D eigenvalue weighted by molar-refractivity contribution is 6.35. The van der Waals surface area contributed by atoms with E-state index in [9.17, 15) is 14.3 Å². The smallest absolute Gasteiger partial charge is 0.261 e. The molecular weight excluding hydrogens is 461 g/mol. The highest BCUT2D eigenvalue weighted by atomic mass is 35.5. The molecule has 182 valence electrons. The lowest BCUT2D eigenvalue weighted by molar-refractivity contribution is 0.0606. The van der Waals surface area contributed by atoms with Crippen molar-refractivity contribution in [3.63, 3.8) is 0 Å². The number of likely N-dealkylation sites (N-methyl/N-ethyl adjacent to an activating group) is 1. The average Bonchev–Trinajstić information content (AvgIpc) is 2.97. The maximum absolute atomic E-state index is 14.9. The number of benzene rings is 1. The minimum Gasteiger partial charge on any atom is -0.507 e. The van der Waals surface area contributed by atoms with Crippen LogP contribution in [0.4, 0.5) is 10.2 Å². The van der Waals surface area contributed by atoms with Gasteiger partial charge in [-0.3, -0.25) is 9.69 Å². The largest absolute Gasteiger partial charge is 0.507 e. The number of carbonyl (C=O) groups is 1. The van der Waals surface area contributed by atoms with Gasteiger partial charge in [0.25, 0.3) is 5.91 Å². The van der Waals surface area contributed by atoms with Crippen LogP contribution in [0.25, 0.3) is 11.3 Å². The Morgan fingerprint density at radius 1 is 1.18 bits per heavy atom. The van der Waals surface area contributed by atoms with Gasteiger partial charge in [0, 0.05) is 44.8 Å². The van der Waals surface area contributed by atoms with Gasteiger partial charge in [0.05, 0.1) is 11.6 Å². The number of pyridine rings is 1. The molecule has 0 unspecified atom stereocenters. The number of aromatic nitrogens is 1. The van der Waals surface area contributed by atoms with Crippen LogP contribution in [0, 0.1) is 5.82 Å². The van der Waals surface area contributed by atoms with E-state index >= 15 is 0 Å². The van der Waals surface area contributed by atoms with Crippen LogP contribution < -0.4 is 15.0 Å². The third-order valence-electron chi connectivity index (χ3n) is 7.40. The Balaban J connectivity index is 1.75. The molecular formula is C24H29ClFN5O3. The van der Waals surface area contributed by atoms with Crippen LogP contribution in [0.2, 0.25) is 5.02 Å². The first-order valence-electron chi connectivity index (χ1n) is 11.6. The lowest BCUT2D eigenvalue weighted by atomic mass is 10.0. The van der Waals surface area contributed by atoms with Crippen molar-refractivity contribution in [2.24, 2.45) is 0 Å². The molecule has 8 nitrogen and oxygen atoms in total. The molecule has 1 aromatic heterocycles. The number of hydrogen-bond donors (Lipinski definition) is 2. The van der Waals surface area contributed by atoms with Crippen LogP contribution in [-0.4, -0.2) is 90.3 Å². The number of nitrogens with zero attached hydrogens (tertiary/aromatic N) is 4. The SMILES string of the molecule is C[C@@H]1[C@H](C)N(c2nc(-c3c(O)cccc3F)c(Cl)c3c2C(=O)N2CCNC[C@@H]2CO3)CCN1C. The topological polar surface area (TPSA) is 81.2 Å². The van der Waals surface area contributed by atoms with E-state index < -0.39 is 5.82 Å². The first-order chi connectivity index (χ1) is 16.3. The first kappa shape index (κ1) is 23.1. The zero-order valence-electron chi connectivity index (χ0n) is 19.5. The van der Waals surface area contributed by atoms with Gasteiger partial charge in [-0.1, -0.05) is 17.7 Å². The fraction of sp³-hybridized carbons (Fsp3) is 0.500. The molecule has 1 amide bonds. The van der Waals surface area contributed by atoms with E-state index in [1.807, 2.05) is 4.90 Å². The van der Waals surface area contributed by atoms with Crippen molar-refractivity contribution in [2.45, 2.75) is 32.0 Å². The Kier molecular flexibility index (Phi) is 6.03. The lowest BCUT2D eigenvalue weighted by Gasteiger charge is -2.44. The van der Waals surface area contributed by atoms with Crippen molar-refractivity contribution in [3.8, 4) is 22.8 Å². The maximum Gasteiger partial charge on any atom is 0.261 e. The summed E-state index contributed by atoms with van der Waals surface area (Å²) in [6, 6.07) is 4.12. The fourth-order valence-electron chi connectivity index (χ4n) is 5.08. The van der Waals surface area contributed by atoms with Crippen LogP contribution in [0.3, 0.4) is 0 Å². The molecule has 3 aliphatic rings. The predicted octanol–water partition coefficient (Wildman–Crippen LogP) is 2.58. The van der Waals surface area contributed by atoms with Crippen LogP contribution in [0.15, 0.2) is 18.2 Å². The number of hydrogen-bond acceptors (Lipinski definition) is 7. The van der Waals surface area contributed by atoms with E-state index in [2.05, 4.69) is 36.0 Å². The molecule has 5 rings (SSSR count). The predicted molar refractivity (Wildman–Crippen MR) is 128 cm³/mol. The highest BCUT2D eigenvalue weighted by Crippen LogP contribution is 2.46. The number of carbonyl (C=O) groups excluding carboxylic acids is 1. The van der Waals surface area contributed by atoms with Crippen molar-refractivity contribution in [1.29, 1.82) is 0 Å². The van der Waals surface area contributed by atoms with E-state index in [0.717, 1.165) is 6.54 Å². The third-order valence-corrected chi connectivity index (χ3v) is 7.75. The number of fused-ring (bicyclic) bond motifs is 2. The summed E-state index contributed by atoms with van der Waals surface area (Å²) in [6.45, 7) is 7.72. The van der Waals surface area contributed by atoms with Gasteiger partial charge >= 0.3 is 0 Å². The van der Waals surface area contributed by atoms with Gasteiger partial charge in [0.2, 0.25) is 0 Å². The summed E-state index contributed by atoms with van der Waals surface area (Å²) in [7, 11) is 2.07. The molecule has 2 aromatic rings. The van der Waals surface area contributed by atoms with E-state index in [0.29, 0.717) is 37.6 Å². The van der Waals surface area contributed by atoms with Crippen molar-refractivity contribution in [1.82, 2.24) is 20.1 Å². The van der Waals surface area contributed by atoms with Gasteiger partial charge in [0.15, 0.2) is 5.75 Å². The molecule has 34 heavy (non-hydrogen) atoms. The minimum absolute atomic E-state index is 0.0217. The Bertz CT molecular complexity index is 1110. The van der Waals surface area contributed by atoms with Crippen molar-refractivity contribution >= 4 is 23.3 Å². The molecule has 2 fully saturated rings. The number of phenolic OH excluding ortho intramolecular Hbond substituents is 1. The quantitative estimate of drug-likeness (QED) is 0.671. The Morgan fingerprint density at radius 2 is 1.97 bits per heavy atom. The van der Waals surface area contributed by atoms with Gasteiger partial charge in [-0.15, -0.1) is 0 Å². The van der Waals surface area contributed by atoms with Crippen molar-refractivity contribution in [2.75, 3.05) is 51.3 Å². The lowest BCUT2D eigenvalue weighted by Crippen LogP contribution is -2.57. The van der Waals surface area contributed by atoms with Gasteiger partial charge in [-0.2, -0.15) is 0 Å². The van der Waals surface area contributed by atoms with E-state index in [-0.39, 0.29) is 58.4 Å². The Hall–Kier alpha value is -2.62. The van der Waals surface area contributed by atoms with Crippen LogP contribution in [0.1, 0.15) is 24.2 Å². The molecule has 2 N–H and O–H groups in total.